The fourth-order valence-electron chi connectivity index (χ4n) is 0.870. The van der Waals surface area contributed by atoms with Gasteiger partial charge in [-0.3, -0.25) is 0 Å². The number of rotatable bonds is 2. The summed E-state index contributed by atoms with van der Waals surface area (Å²) < 4.78 is 0.998. The maximum atomic E-state index is 4.09. The van der Waals surface area contributed by atoms with Crippen LogP contribution in [0.4, 0.5) is 11.6 Å². The fraction of sp³-hybridized carbons (Fsp3) is 0. The van der Waals surface area contributed by atoms with Crippen molar-refractivity contribution in [2.24, 2.45) is 0 Å². The van der Waals surface area contributed by atoms with Gasteiger partial charge in [0.25, 0.3) is 0 Å². The highest BCUT2D eigenvalue weighted by Crippen LogP contribution is 2.09. The first-order valence-electron chi connectivity index (χ1n) is 3.84. The van der Waals surface area contributed by atoms with E-state index in [1.165, 1.54) is 6.33 Å². The number of halogens is 1. The minimum atomic E-state index is 0.542. The summed E-state index contributed by atoms with van der Waals surface area (Å²) in [6.07, 6.45) is 8.27. The van der Waals surface area contributed by atoms with E-state index in [0.717, 1.165) is 9.26 Å². The molecule has 70 valence electrons. The third kappa shape index (κ3) is 2.34. The Morgan fingerprint density at radius 3 is 2.29 bits per heavy atom. The fourth-order valence-corrected chi connectivity index (χ4v) is 1.15. The van der Waals surface area contributed by atoms with Crippen LogP contribution in [0, 0.1) is 3.57 Å². The van der Waals surface area contributed by atoms with Gasteiger partial charge in [0.2, 0.25) is 5.95 Å². The Bertz CT molecular complexity index is 402. The second-order valence-corrected chi connectivity index (χ2v) is 3.72. The minimum Gasteiger partial charge on any atom is -0.322 e. The van der Waals surface area contributed by atoms with Crippen LogP contribution < -0.4 is 5.32 Å². The van der Waals surface area contributed by atoms with E-state index in [9.17, 15) is 0 Å². The second-order valence-electron chi connectivity index (χ2n) is 2.48. The van der Waals surface area contributed by atoms with Gasteiger partial charge < -0.3 is 5.32 Å². The Balaban J connectivity index is 2.16. The van der Waals surface area contributed by atoms with Gasteiger partial charge >= 0.3 is 0 Å². The summed E-state index contributed by atoms with van der Waals surface area (Å²) in [5.74, 6) is 0.542. The van der Waals surface area contributed by atoms with Crippen LogP contribution in [-0.4, -0.2) is 19.9 Å². The van der Waals surface area contributed by atoms with Crippen molar-refractivity contribution in [3.8, 4) is 0 Å². The lowest BCUT2D eigenvalue weighted by molar-refractivity contribution is 1.12. The molecule has 14 heavy (non-hydrogen) atoms. The smallest absolute Gasteiger partial charge is 0.227 e. The molecule has 0 saturated carbocycles. The maximum Gasteiger partial charge on any atom is 0.227 e. The highest BCUT2D eigenvalue weighted by atomic mass is 127. The largest absolute Gasteiger partial charge is 0.322 e. The molecule has 0 spiro atoms. The molecule has 0 fully saturated rings. The van der Waals surface area contributed by atoms with Gasteiger partial charge in [0, 0.05) is 16.0 Å². The van der Waals surface area contributed by atoms with E-state index in [2.05, 4.69) is 47.8 Å². The first-order valence-corrected chi connectivity index (χ1v) is 4.92. The first-order chi connectivity index (χ1) is 6.84. The van der Waals surface area contributed by atoms with Crippen LogP contribution in [0.1, 0.15) is 0 Å². The SMILES string of the molecule is Ic1cnc(Nc2cncnc2)nc1. The molecule has 6 heteroatoms. The van der Waals surface area contributed by atoms with Gasteiger partial charge in [-0.2, -0.15) is 0 Å². The van der Waals surface area contributed by atoms with Crippen molar-refractivity contribution < 1.29 is 0 Å². The van der Waals surface area contributed by atoms with Crippen LogP contribution in [0.5, 0.6) is 0 Å². The van der Waals surface area contributed by atoms with Gasteiger partial charge in [0.1, 0.15) is 6.33 Å². The van der Waals surface area contributed by atoms with E-state index in [1.54, 1.807) is 24.8 Å². The molecule has 2 rings (SSSR count). The molecule has 0 aliphatic heterocycles. The van der Waals surface area contributed by atoms with Crippen LogP contribution >= 0.6 is 22.6 Å². The molecule has 0 aromatic carbocycles. The molecule has 0 aliphatic carbocycles. The lowest BCUT2D eigenvalue weighted by Crippen LogP contribution is -1.97. The molecule has 2 aromatic heterocycles. The standard InChI is InChI=1S/C8H6IN5/c9-6-1-12-8(13-2-6)14-7-3-10-5-11-4-7/h1-5H,(H,12,13,14). The van der Waals surface area contributed by atoms with E-state index in [0.29, 0.717) is 5.95 Å². The van der Waals surface area contributed by atoms with Gasteiger partial charge in [0.05, 0.1) is 18.1 Å². The molecule has 0 atom stereocenters. The van der Waals surface area contributed by atoms with Crippen molar-refractivity contribution in [3.63, 3.8) is 0 Å². The average Bonchev–Trinajstić information content (AvgIpc) is 2.23. The minimum absolute atomic E-state index is 0.542. The molecule has 5 nitrogen and oxygen atoms in total. The van der Waals surface area contributed by atoms with Crippen LogP contribution in [0.2, 0.25) is 0 Å². The van der Waals surface area contributed by atoms with Gasteiger partial charge in [-0.15, -0.1) is 0 Å². The first kappa shape index (κ1) is 9.25. The number of hydrogen-bond acceptors (Lipinski definition) is 5. The Kier molecular flexibility index (Phi) is 2.82. The van der Waals surface area contributed by atoms with Gasteiger partial charge in [0.15, 0.2) is 0 Å². The summed E-state index contributed by atoms with van der Waals surface area (Å²) in [6, 6.07) is 0. The van der Waals surface area contributed by atoms with Crippen molar-refractivity contribution in [2.75, 3.05) is 5.32 Å². The Morgan fingerprint density at radius 2 is 1.64 bits per heavy atom. The van der Waals surface area contributed by atoms with Crippen LogP contribution in [0.25, 0.3) is 0 Å². The molecule has 0 bridgehead atoms. The van der Waals surface area contributed by atoms with Crippen molar-refractivity contribution >= 4 is 34.2 Å². The maximum absolute atomic E-state index is 4.09. The third-order valence-corrected chi connectivity index (χ3v) is 1.99. The van der Waals surface area contributed by atoms with E-state index >= 15 is 0 Å². The number of hydrogen-bond donors (Lipinski definition) is 1. The normalized spacial score (nSPS) is 9.79. The predicted molar refractivity (Wildman–Crippen MR) is 60.1 cm³/mol. The number of anilines is 2. The summed E-state index contributed by atoms with van der Waals surface area (Å²) in [5, 5.41) is 2.98. The van der Waals surface area contributed by atoms with E-state index in [4.69, 9.17) is 0 Å². The summed E-state index contributed by atoms with van der Waals surface area (Å²) in [6.45, 7) is 0. The van der Waals surface area contributed by atoms with Crippen LogP contribution in [0.15, 0.2) is 31.1 Å². The molecule has 1 N–H and O–H groups in total. The zero-order chi connectivity index (χ0) is 9.80. The van der Waals surface area contributed by atoms with E-state index in [1.807, 2.05) is 0 Å². The molecule has 2 aromatic rings. The highest BCUT2D eigenvalue weighted by molar-refractivity contribution is 14.1. The molecule has 0 amide bonds. The number of nitrogens with one attached hydrogen (secondary N) is 1. The van der Waals surface area contributed by atoms with Gasteiger partial charge in [-0.05, 0) is 22.6 Å². The van der Waals surface area contributed by atoms with Crippen molar-refractivity contribution in [3.05, 3.63) is 34.7 Å². The summed E-state index contributed by atoms with van der Waals surface area (Å²) in [5.41, 5.74) is 0.772. The van der Waals surface area contributed by atoms with E-state index < -0.39 is 0 Å². The zero-order valence-corrected chi connectivity index (χ0v) is 9.21. The Labute approximate surface area is 94.2 Å². The topological polar surface area (TPSA) is 63.6 Å². The monoisotopic (exact) mass is 299 g/mol. The quantitative estimate of drug-likeness (QED) is 0.854. The highest BCUT2D eigenvalue weighted by Gasteiger charge is 1.96. The molecule has 2 heterocycles. The van der Waals surface area contributed by atoms with Crippen LogP contribution in [0.3, 0.4) is 0 Å². The second kappa shape index (κ2) is 4.27. The molecular weight excluding hydrogens is 293 g/mol. The summed E-state index contributed by atoms with van der Waals surface area (Å²) >= 11 is 2.15. The van der Waals surface area contributed by atoms with Crippen molar-refractivity contribution in [1.82, 2.24) is 19.9 Å². The summed E-state index contributed by atoms with van der Waals surface area (Å²) in [4.78, 5) is 15.9. The van der Waals surface area contributed by atoms with Gasteiger partial charge in [-0.1, -0.05) is 0 Å². The van der Waals surface area contributed by atoms with E-state index in [-0.39, 0.29) is 0 Å². The zero-order valence-electron chi connectivity index (χ0n) is 7.05. The third-order valence-electron chi connectivity index (χ3n) is 1.44. The molecule has 0 saturated heterocycles. The average molecular weight is 299 g/mol. The molecule has 0 aliphatic rings. The summed E-state index contributed by atoms with van der Waals surface area (Å²) in [7, 11) is 0. The Morgan fingerprint density at radius 1 is 1.00 bits per heavy atom. The molecule has 0 unspecified atom stereocenters. The van der Waals surface area contributed by atoms with Crippen molar-refractivity contribution in [1.29, 1.82) is 0 Å². The molecule has 0 radical (unpaired) electrons. The Hall–Kier alpha value is -1.31. The lowest BCUT2D eigenvalue weighted by Gasteiger charge is -2.01. The number of nitrogens with zero attached hydrogens (tertiary/aromatic N) is 4. The molecular formula is C8H6IN5. The lowest BCUT2D eigenvalue weighted by atomic mass is 10.5. The van der Waals surface area contributed by atoms with Gasteiger partial charge in [-0.25, -0.2) is 19.9 Å². The predicted octanol–water partition coefficient (Wildman–Crippen LogP) is 1.61. The number of aromatic nitrogens is 4. The van der Waals surface area contributed by atoms with Crippen LogP contribution in [-0.2, 0) is 0 Å². The van der Waals surface area contributed by atoms with Crippen molar-refractivity contribution in [2.45, 2.75) is 0 Å².